The van der Waals surface area contributed by atoms with Crippen molar-refractivity contribution in [3.8, 4) is 0 Å². The van der Waals surface area contributed by atoms with Crippen LogP contribution in [0.3, 0.4) is 0 Å². The maximum atomic E-state index is 11.3. The Bertz CT molecular complexity index is 531. The molecular weight excluding hydrogens is 248 g/mol. The molecule has 0 aliphatic heterocycles. The molecule has 0 saturated heterocycles. The fourth-order valence-electron chi connectivity index (χ4n) is 1.16. The second-order valence-corrected chi connectivity index (χ2v) is 4.15. The Labute approximate surface area is 100 Å². The quantitative estimate of drug-likeness (QED) is 0.675. The monoisotopic (exact) mass is 254 g/mol. The third-order valence-electron chi connectivity index (χ3n) is 1.84. The first-order chi connectivity index (χ1) is 7.66. The van der Waals surface area contributed by atoms with Crippen LogP contribution in [-0.4, -0.2) is 10.2 Å². The van der Waals surface area contributed by atoms with Crippen LogP contribution in [0.2, 0.25) is 0 Å². The number of aromatic nitrogens is 1. The van der Waals surface area contributed by atoms with E-state index < -0.39 is 5.24 Å². The lowest BCUT2D eigenvalue weighted by Gasteiger charge is -1.95. The van der Waals surface area contributed by atoms with Crippen molar-refractivity contribution in [1.82, 2.24) is 4.98 Å². The summed E-state index contributed by atoms with van der Waals surface area (Å²) in [6.45, 7) is 0. The molecule has 0 aliphatic carbocycles. The zero-order chi connectivity index (χ0) is 11.5. The molecule has 0 bridgehead atoms. The second kappa shape index (κ2) is 4.51. The van der Waals surface area contributed by atoms with Gasteiger partial charge in [-0.05, 0) is 29.8 Å². The van der Waals surface area contributed by atoms with Crippen molar-refractivity contribution in [2.24, 2.45) is 0 Å². The molecule has 82 valence electrons. The molecule has 2 aromatic heterocycles. The third-order valence-corrected chi connectivity index (χ3v) is 2.72. The molecule has 2 N–H and O–H groups in total. The molecule has 0 fully saturated rings. The number of thiazole rings is 1. The average molecular weight is 255 g/mol. The number of carbonyl (C=O) groups is 1. The van der Waals surface area contributed by atoms with Crippen molar-refractivity contribution < 1.29 is 9.21 Å². The van der Waals surface area contributed by atoms with E-state index in [-0.39, 0.29) is 5.57 Å². The molecule has 2 aromatic rings. The van der Waals surface area contributed by atoms with Crippen molar-refractivity contribution >= 4 is 45.0 Å². The number of carbonyl (C=O) groups excluding carboxylic acids is 1. The molecule has 0 aromatic carbocycles. The van der Waals surface area contributed by atoms with E-state index in [1.807, 2.05) is 0 Å². The molecule has 4 nitrogen and oxygen atoms in total. The van der Waals surface area contributed by atoms with Crippen LogP contribution in [0.15, 0.2) is 28.2 Å². The van der Waals surface area contributed by atoms with E-state index in [4.69, 9.17) is 21.8 Å². The minimum absolute atomic E-state index is 0.268. The number of furan rings is 1. The van der Waals surface area contributed by atoms with Gasteiger partial charge in [-0.3, -0.25) is 4.79 Å². The van der Waals surface area contributed by atoms with Gasteiger partial charge in [0.05, 0.1) is 17.5 Å². The Balaban J connectivity index is 2.42. The van der Waals surface area contributed by atoms with Crippen molar-refractivity contribution in [3.05, 3.63) is 35.2 Å². The minimum Gasteiger partial charge on any atom is -0.465 e. The zero-order valence-corrected chi connectivity index (χ0v) is 9.59. The molecule has 0 atom stereocenters. The maximum absolute atomic E-state index is 11.3. The highest BCUT2D eigenvalue weighted by Gasteiger charge is 2.13. The number of halogens is 1. The van der Waals surface area contributed by atoms with Crippen LogP contribution >= 0.6 is 22.9 Å². The number of nitrogen functional groups attached to an aromatic ring is 1. The van der Waals surface area contributed by atoms with Crippen LogP contribution in [0, 0.1) is 0 Å². The summed E-state index contributed by atoms with van der Waals surface area (Å²) in [7, 11) is 0. The lowest BCUT2D eigenvalue weighted by Crippen LogP contribution is -1.94. The predicted molar refractivity (Wildman–Crippen MR) is 64.0 cm³/mol. The number of anilines is 1. The van der Waals surface area contributed by atoms with Gasteiger partial charge < -0.3 is 10.2 Å². The Hall–Kier alpha value is -1.59. The maximum Gasteiger partial charge on any atom is 0.254 e. The first kappa shape index (κ1) is 10.9. The summed E-state index contributed by atoms with van der Waals surface area (Å²) in [5, 5.41) is 1.46. The second-order valence-electron chi connectivity index (χ2n) is 2.92. The van der Waals surface area contributed by atoms with Gasteiger partial charge in [-0.2, -0.15) is 0 Å². The van der Waals surface area contributed by atoms with Crippen molar-refractivity contribution in [3.63, 3.8) is 0 Å². The van der Waals surface area contributed by atoms with Crippen LogP contribution in [0.1, 0.15) is 11.5 Å². The van der Waals surface area contributed by atoms with E-state index in [2.05, 4.69) is 4.98 Å². The van der Waals surface area contributed by atoms with Crippen molar-refractivity contribution in [2.75, 3.05) is 5.73 Å². The van der Waals surface area contributed by atoms with Crippen molar-refractivity contribution in [1.29, 1.82) is 0 Å². The molecular formula is C10H7ClN2O2S. The van der Waals surface area contributed by atoms with E-state index in [9.17, 15) is 4.79 Å². The highest BCUT2D eigenvalue weighted by Crippen LogP contribution is 2.23. The molecule has 0 saturated carbocycles. The van der Waals surface area contributed by atoms with Gasteiger partial charge >= 0.3 is 0 Å². The van der Waals surface area contributed by atoms with Gasteiger partial charge in [0, 0.05) is 5.38 Å². The number of allylic oxidation sites excluding steroid dienone is 1. The van der Waals surface area contributed by atoms with Crippen LogP contribution in [-0.2, 0) is 4.79 Å². The van der Waals surface area contributed by atoms with Gasteiger partial charge in [-0.1, -0.05) is 0 Å². The van der Waals surface area contributed by atoms with Crippen LogP contribution in [0.4, 0.5) is 5.13 Å². The topological polar surface area (TPSA) is 69.1 Å². The lowest BCUT2D eigenvalue weighted by molar-refractivity contribution is -0.106. The number of hydrogen-bond acceptors (Lipinski definition) is 5. The molecule has 0 radical (unpaired) electrons. The van der Waals surface area contributed by atoms with Gasteiger partial charge in [0.1, 0.15) is 5.76 Å². The van der Waals surface area contributed by atoms with Crippen LogP contribution < -0.4 is 5.73 Å². The number of hydrogen-bond donors (Lipinski definition) is 1. The van der Waals surface area contributed by atoms with Gasteiger partial charge in [0.25, 0.3) is 5.24 Å². The standard InChI is InChI=1S/C10H7ClN2O2S/c11-9(14)7(4-6-2-1-3-15-6)8-5-16-10(12)13-8/h1-5H,(H2,12,13)/b7-4-. The molecule has 0 amide bonds. The first-order valence-corrected chi connectivity index (χ1v) is 5.59. The predicted octanol–water partition coefficient (Wildman–Crippen LogP) is 2.62. The third kappa shape index (κ3) is 2.32. The highest BCUT2D eigenvalue weighted by molar-refractivity contribution is 7.13. The summed E-state index contributed by atoms with van der Waals surface area (Å²) in [5.74, 6) is 0.538. The Morgan fingerprint density at radius 3 is 2.94 bits per heavy atom. The summed E-state index contributed by atoms with van der Waals surface area (Å²) >= 11 is 6.73. The Morgan fingerprint density at radius 2 is 2.44 bits per heavy atom. The lowest BCUT2D eigenvalue weighted by atomic mass is 10.2. The summed E-state index contributed by atoms with van der Waals surface area (Å²) in [4.78, 5) is 15.3. The summed E-state index contributed by atoms with van der Waals surface area (Å²) in [6, 6.07) is 3.44. The van der Waals surface area contributed by atoms with Gasteiger partial charge in [0.15, 0.2) is 5.13 Å². The zero-order valence-electron chi connectivity index (χ0n) is 8.01. The molecule has 0 spiro atoms. The minimum atomic E-state index is -0.596. The normalized spacial score (nSPS) is 11.7. The first-order valence-electron chi connectivity index (χ1n) is 4.33. The fourth-order valence-corrected chi connectivity index (χ4v) is 1.87. The van der Waals surface area contributed by atoms with Crippen molar-refractivity contribution in [2.45, 2.75) is 0 Å². The largest absolute Gasteiger partial charge is 0.465 e. The van der Waals surface area contributed by atoms with E-state index in [1.165, 1.54) is 23.7 Å². The fraction of sp³-hybridized carbons (Fsp3) is 0. The molecule has 0 aliphatic rings. The van der Waals surface area contributed by atoms with E-state index in [1.54, 1.807) is 17.5 Å². The number of nitrogens with two attached hydrogens (primary N) is 1. The van der Waals surface area contributed by atoms with Gasteiger partial charge in [0.2, 0.25) is 0 Å². The van der Waals surface area contributed by atoms with E-state index >= 15 is 0 Å². The molecule has 2 heterocycles. The number of rotatable bonds is 3. The molecule has 0 unspecified atom stereocenters. The number of nitrogens with zero attached hydrogens (tertiary/aromatic N) is 1. The summed E-state index contributed by atoms with van der Waals surface area (Å²) in [5.41, 5.74) is 6.22. The van der Waals surface area contributed by atoms with Gasteiger partial charge in [-0.25, -0.2) is 4.98 Å². The summed E-state index contributed by atoms with van der Waals surface area (Å²) < 4.78 is 5.10. The Morgan fingerprint density at radius 1 is 1.62 bits per heavy atom. The smallest absolute Gasteiger partial charge is 0.254 e. The van der Waals surface area contributed by atoms with Crippen LogP contribution in [0.5, 0.6) is 0 Å². The van der Waals surface area contributed by atoms with Gasteiger partial charge in [-0.15, -0.1) is 11.3 Å². The summed E-state index contributed by atoms with van der Waals surface area (Å²) in [6.07, 6.45) is 3.04. The molecule has 2 rings (SSSR count). The SMILES string of the molecule is Nc1nc(/C(=C/c2ccco2)C(=O)Cl)cs1. The average Bonchev–Trinajstić information content (AvgIpc) is 2.84. The Kier molecular flexibility index (Phi) is 3.07. The molecule has 6 heteroatoms. The van der Waals surface area contributed by atoms with Crippen LogP contribution in [0.25, 0.3) is 11.6 Å². The van der Waals surface area contributed by atoms with E-state index in [0.29, 0.717) is 16.6 Å². The highest BCUT2D eigenvalue weighted by atomic mass is 35.5. The molecule has 16 heavy (non-hydrogen) atoms. The van der Waals surface area contributed by atoms with E-state index in [0.717, 1.165) is 0 Å².